The third-order valence-corrected chi connectivity index (χ3v) is 3.26. The lowest BCUT2D eigenvalue weighted by Crippen LogP contribution is -2.27. The minimum Gasteiger partial charge on any atom is -0.480 e. The van der Waals surface area contributed by atoms with E-state index < -0.39 is 5.41 Å². The number of nitriles is 1. The van der Waals surface area contributed by atoms with Crippen LogP contribution in [0.25, 0.3) is 0 Å². The summed E-state index contributed by atoms with van der Waals surface area (Å²) in [5.74, 6) is -0.197. The smallest absolute Gasteiger partial charge is 0.202 e. The van der Waals surface area contributed by atoms with Crippen molar-refractivity contribution >= 4 is 11.7 Å². The molecule has 0 spiro atoms. The molecule has 1 unspecified atom stereocenters. The first-order valence-corrected chi connectivity index (χ1v) is 5.80. The molecule has 1 aromatic carbocycles. The van der Waals surface area contributed by atoms with Crippen LogP contribution >= 0.6 is 0 Å². The summed E-state index contributed by atoms with van der Waals surface area (Å²) in [6.45, 7) is 2.29. The monoisotopic (exact) mass is 242 g/mol. The maximum atomic E-state index is 12.1. The molecule has 1 N–H and O–H groups in total. The van der Waals surface area contributed by atoms with Gasteiger partial charge < -0.3 is 4.74 Å². The van der Waals surface area contributed by atoms with Gasteiger partial charge in [0, 0.05) is 18.4 Å². The summed E-state index contributed by atoms with van der Waals surface area (Å²) in [6, 6.07) is 9.30. The van der Waals surface area contributed by atoms with E-state index in [0.717, 1.165) is 5.56 Å². The number of benzene rings is 1. The van der Waals surface area contributed by atoms with Crippen molar-refractivity contribution in [3.63, 3.8) is 0 Å². The maximum Gasteiger partial charge on any atom is 0.202 e. The lowest BCUT2D eigenvalue weighted by Gasteiger charge is -2.16. The lowest BCUT2D eigenvalue weighted by molar-refractivity contribution is 0.0959. The average molecular weight is 242 g/mol. The Morgan fingerprint density at radius 3 is 2.67 bits per heavy atom. The Kier molecular flexibility index (Phi) is 3.15. The average Bonchev–Trinajstić information content (AvgIpc) is 2.72. The van der Waals surface area contributed by atoms with Crippen molar-refractivity contribution in [1.82, 2.24) is 0 Å². The van der Waals surface area contributed by atoms with Crippen molar-refractivity contribution in [3.05, 3.63) is 35.4 Å². The fraction of sp³-hybridized carbons (Fsp3) is 0.357. The number of Topliss-reactive ketones (excluding diaryl/α,β-unsaturated/α-hetero) is 1. The van der Waals surface area contributed by atoms with E-state index in [4.69, 9.17) is 10.1 Å². The first-order chi connectivity index (χ1) is 8.57. The van der Waals surface area contributed by atoms with Gasteiger partial charge in [0.1, 0.15) is 5.41 Å². The molecule has 0 saturated carbocycles. The van der Waals surface area contributed by atoms with Crippen molar-refractivity contribution in [3.8, 4) is 6.07 Å². The van der Waals surface area contributed by atoms with Crippen LogP contribution in [0.3, 0.4) is 0 Å². The number of ketones is 1. The molecule has 92 valence electrons. The molecule has 0 radical (unpaired) electrons. The topological polar surface area (TPSA) is 73.9 Å². The molecule has 2 rings (SSSR count). The van der Waals surface area contributed by atoms with Crippen LogP contribution in [-0.2, 0) is 4.74 Å². The predicted octanol–water partition coefficient (Wildman–Crippen LogP) is 2.48. The van der Waals surface area contributed by atoms with Gasteiger partial charge in [0.05, 0.1) is 12.7 Å². The van der Waals surface area contributed by atoms with E-state index in [1.165, 1.54) is 0 Å². The molecule has 0 amide bonds. The second-order valence-electron chi connectivity index (χ2n) is 4.59. The number of hydrogen-bond donors (Lipinski definition) is 1. The van der Waals surface area contributed by atoms with Crippen LogP contribution in [0, 0.1) is 29.1 Å². The Hall–Kier alpha value is -2.15. The third-order valence-electron chi connectivity index (χ3n) is 3.26. The zero-order valence-electron chi connectivity index (χ0n) is 10.2. The summed E-state index contributed by atoms with van der Waals surface area (Å²) >= 11 is 0. The van der Waals surface area contributed by atoms with E-state index in [9.17, 15) is 10.1 Å². The summed E-state index contributed by atoms with van der Waals surface area (Å²) in [5.41, 5.74) is 0.593. The number of ether oxygens (including phenoxy) is 1. The lowest BCUT2D eigenvalue weighted by atomic mass is 9.81. The highest BCUT2D eigenvalue weighted by atomic mass is 16.5. The number of nitrogens with zero attached hydrogens (tertiary/aromatic N) is 1. The third kappa shape index (κ3) is 2.12. The van der Waals surface area contributed by atoms with Crippen LogP contribution in [0.5, 0.6) is 0 Å². The number of carbonyl (C=O) groups excluding carboxylic acids is 1. The standard InChI is InChI=1S/C14H14N2O2/c1-10-2-4-11(5-3-10)12(17)8-14(9-15)6-7-18-13(14)16/h2-5,16H,6-8H2,1H3. The van der Waals surface area contributed by atoms with Crippen LogP contribution in [0.2, 0.25) is 0 Å². The van der Waals surface area contributed by atoms with Gasteiger partial charge in [0.25, 0.3) is 0 Å². The van der Waals surface area contributed by atoms with Crippen LogP contribution in [-0.4, -0.2) is 18.3 Å². The Morgan fingerprint density at radius 2 is 2.17 bits per heavy atom. The molecule has 4 nitrogen and oxygen atoms in total. The number of aryl methyl sites for hydroxylation is 1. The van der Waals surface area contributed by atoms with E-state index in [-0.39, 0.29) is 18.1 Å². The van der Waals surface area contributed by atoms with E-state index in [0.29, 0.717) is 18.6 Å². The van der Waals surface area contributed by atoms with Crippen LogP contribution in [0.1, 0.15) is 28.8 Å². The van der Waals surface area contributed by atoms with E-state index >= 15 is 0 Å². The molecule has 18 heavy (non-hydrogen) atoms. The SMILES string of the molecule is Cc1ccc(C(=O)CC2(C#N)CCOC2=N)cc1. The Bertz CT molecular complexity index is 528. The van der Waals surface area contributed by atoms with Crippen molar-refractivity contribution in [2.45, 2.75) is 19.8 Å². The summed E-state index contributed by atoms with van der Waals surface area (Å²) < 4.78 is 5.02. The molecule has 1 atom stereocenters. The quantitative estimate of drug-likeness (QED) is 0.827. The molecule has 1 aromatic rings. The van der Waals surface area contributed by atoms with E-state index in [1.54, 1.807) is 12.1 Å². The number of carbonyl (C=O) groups is 1. The zero-order chi connectivity index (χ0) is 13.2. The van der Waals surface area contributed by atoms with Gasteiger partial charge in [-0.05, 0) is 6.92 Å². The largest absolute Gasteiger partial charge is 0.480 e. The number of hydrogen-bond acceptors (Lipinski definition) is 4. The van der Waals surface area contributed by atoms with E-state index in [1.807, 2.05) is 19.1 Å². The normalized spacial score (nSPS) is 22.3. The fourth-order valence-corrected chi connectivity index (χ4v) is 2.01. The van der Waals surface area contributed by atoms with Crippen LogP contribution < -0.4 is 0 Å². The van der Waals surface area contributed by atoms with Gasteiger partial charge in [-0.15, -0.1) is 0 Å². The molecule has 0 bridgehead atoms. The summed E-state index contributed by atoms with van der Waals surface area (Å²) in [7, 11) is 0. The van der Waals surface area contributed by atoms with Crippen LogP contribution in [0.15, 0.2) is 24.3 Å². The van der Waals surface area contributed by atoms with Gasteiger partial charge in [-0.25, -0.2) is 0 Å². The van der Waals surface area contributed by atoms with Crippen molar-refractivity contribution in [2.24, 2.45) is 5.41 Å². The predicted molar refractivity (Wildman–Crippen MR) is 66.5 cm³/mol. The molecular formula is C14H14N2O2. The maximum absolute atomic E-state index is 12.1. The first-order valence-electron chi connectivity index (χ1n) is 5.80. The minimum absolute atomic E-state index is 0.0192. The van der Waals surface area contributed by atoms with Crippen LogP contribution in [0.4, 0.5) is 0 Å². The minimum atomic E-state index is -1.07. The fourth-order valence-electron chi connectivity index (χ4n) is 2.01. The molecule has 0 aromatic heterocycles. The molecule has 1 saturated heterocycles. The highest BCUT2D eigenvalue weighted by Gasteiger charge is 2.43. The van der Waals surface area contributed by atoms with E-state index in [2.05, 4.69) is 6.07 Å². The number of nitrogens with one attached hydrogen (secondary N) is 1. The van der Waals surface area contributed by atoms with Gasteiger partial charge in [-0.3, -0.25) is 10.2 Å². The van der Waals surface area contributed by atoms with Crippen molar-refractivity contribution in [1.29, 1.82) is 10.7 Å². The zero-order valence-corrected chi connectivity index (χ0v) is 10.2. The summed E-state index contributed by atoms with van der Waals surface area (Å²) in [5, 5.41) is 16.9. The molecule has 1 aliphatic heterocycles. The molecular weight excluding hydrogens is 228 g/mol. The molecule has 0 aliphatic carbocycles. The van der Waals surface area contributed by atoms with Gasteiger partial charge in [-0.2, -0.15) is 5.26 Å². The van der Waals surface area contributed by atoms with Crippen molar-refractivity contribution < 1.29 is 9.53 Å². The molecule has 1 fully saturated rings. The van der Waals surface area contributed by atoms with Gasteiger partial charge in [-0.1, -0.05) is 29.8 Å². The molecule has 1 aliphatic rings. The molecule has 1 heterocycles. The first kappa shape index (κ1) is 12.3. The Balaban J connectivity index is 2.19. The highest BCUT2D eigenvalue weighted by molar-refractivity contribution is 6.00. The Morgan fingerprint density at radius 1 is 1.50 bits per heavy atom. The molecule has 4 heteroatoms. The van der Waals surface area contributed by atoms with Crippen molar-refractivity contribution in [2.75, 3.05) is 6.61 Å². The Labute approximate surface area is 106 Å². The second-order valence-corrected chi connectivity index (χ2v) is 4.59. The summed E-state index contributed by atoms with van der Waals surface area (Å²) in [6.07, 6.45) is 0.436. The second kappa shape index (κ2) is 4.61. The van der Waals surface area contributed by atoms with Gasteiger partial charge >= 0.3 is 0 Å². The summed E-state index contributed by atoms with van der Waals surface area (Å²) in [4.78, 5) is 12.1. The van der Waals surface area contributed by atoms with Gasteiger partial charge in [0.15, 0.2) is 5.78 Å². The highest BCUT2D eigenvalue weighted by Crippen LogP contribution is 2.34. The number of rotatable bonds is 3. The van der Waals surface area contributed by atoms with Gasteiger partial charge in [0.2, 0.25) is 5.90 Å².